The Balaban J connectivity index is 2.12. The Labute approximate surface area is 102 Å². The highest BCUT2D eigenvalue weighted by atomic mass is 15.2. The van der Waals surface area contributed by atoms with Crippen LogP contribution in [-0.2, 0) is 0 Å². The van der Waals surface area contributed by atoms with E-state index in [0.717, 1.165) is 36.4 Å². The van der Waals surface area contributed by atoms with E-state index in [9.17, 15) is 0 Å². The third-order valence-corrected chi connectivity index (χ3v) is 2.74. The normalized spacial score (nSPS) is 10.7. The lowest BCUT2D eigenvalue weighted by atomic mass is 10.2. The topological polar surface area (TPSA) is 41.0 Å². The number of benzene rings is 1. The minimum Gasteiger partial charge on any atom is -0.344 e. The van der Waals surface area contributed by atoms with Gasteiger partial charge in [-0.25, -0.2) is 9.97 Å². The number of hydrogen-bond acceptors (Lipinski definition) is 4. The number of rotatable bonds is 5. The molecule has 1 N–H and O–H groups in total. The van der Waals surface area contributed by atoms with Gasteiger partial charge in [-0.05, 0) is 26.1 Å². The lowest BCUT2D eigenvalue weighted by Crippen LogP contribution is -2.23. The van der Waals surface area contributed by atoms with Gasteiger partial charge in [0.05, 0.1) is 5.52 Å². The van der Waals surface area contributed by atoms with E-state index in [0.29, 0.717) is 0 Å². The van der Waals surface area contributed by atoms with E-state index in [1.54, 1.807) is 0 Å². The van der Waals surface area contributed by atoms with Crippen LogP contribution in [0.15, 0.2) is 30.5 Å². The molecule has 4 nitrogen and oxygen atoms in total. The summed E-state index contributed by atoms with van der Waals surface area (Å²) in [6.45, 7) is 1.97. The Morgan fingerprint density at radius 1 is 1.29 bits per heavy atom. The van der Waals surface area contributed by atoms with Crippen molar-refractivity contribution in [3.8, 4) is 0 Å². The molecule has 4 heteroatoms. The van der Waals surface area contributed by atoms with E-state index in [1.165, 1.54) is 0 Å². The summed E-state index contributed by atoms with van der Waals surface area (Å²) >= 11 is 0. The van der Waals surface area contributed by atoms with Gasteiger partial charge in [-0.15, -0.1) is 0 Å². The summed E-state index contributed by atoms with van der Waals surface area (Å²) in [4.78, 5) is 11.0. The molecule has 0 aliphatic carbocycles. The first-order valence-corrected chi connectivity index (χ1v) is 5.89. The molecule has 0 fully saturated rings. The molecule has 2 aromatic rings. The summed E-state index contributed by atoms with van der Waals surface area (Å²) in [6, 6.07) is 8.05. The molecule has 1 heterocycles. The van der Waals surface area contributed by atoms with Crippen molar-refractivity contribution in [3.63, 3.8) is 0 Å². The maximum atomic E-state index is 4.55. The Hall–Kier alpha value is -1.68. The molecular weight excluding hydrogens is 212 g/mol. The fraction of sp³-hybridized carbons (Fsp3) is 0.385. The van der Waals surface area contributed by atoms with Crippen molar-refractivity contribution in [2.75, 3.05) is 32.1 Å². The van der Waals surface area contributed by atoms with Crippen LogP contribution >= 0.6 is 0 Å². The summed E-state index contributed by atoms with van der Waals surface area (Å²) < 4.78 is 0. The Morgan fingerprint density at radius 2 is 2.12 bits per heavy atom. The van der Waals surface area contributed by atoms with Crippen LogP contribution in [0.25, 0.3) is 10.9 Å². The SMILES string of the molecule is CNCCCN(C)c1ncc2ccccc2n1. The van der Waals surface area contributed by atoms with Gasteiger partial charge in [-0.3, -0.25) is 0 Å². The molecule has 0 amide bonds. The molecule has 0 bridgehead atoms. The fourth-order valence-electron chi connectivity index (χ4n) is 1.74. The molecule has 0 radical (unpaired) electrons. The van der Waals surface area contributed by atoms with E-state index in [4.69, 9.17) is 0 Å². The second-order valence-electron chi connectivity index (χ2n) is 4.11. The first-order chi connectivity index (χ1) is 8.31. The van der Waals surface area contributed by atoms with Gasteiger partial charge >= 0.3 is 0 Å². The largest absolute Gasteiger partial charge is 0.344 e. The number of fused-ring (bicyclic) bond motifs is 1. The van der Waals surface area contributed by atoms with E-state index >= 15 is 0 Å². The zero-order valence-electron chi connectivity index (χ0n) is 10.3. The molecule has 1 aromatic heterocycles. The summed E-state index contributed by atoms with van der Waals surface area (Å²) in [5, 5.41) is 4.22. The Kier molecular flexibility index (Phi) is 3.88. The molecule has 0 spiro atoms. The first-order valence-electron chi connectivity index (χ1n) is 5.89. The van der Waals surface area contributed by atoms with Gasteiger partial charge in [0, 0.05) is 25.2 Å². The molecular formula is C13H18N4. The monoisotopic (exact) mass is 230 g/mol. The number of nitrogens with one attached hydrogen (secondary N) is 1. The number of nitrogens with zero attached hydrogens (tertiary/aromatic N) is 3. The predicted molar refractivity (Wildman–Crippen MR) is 71.4 cm³/mol. The first kappa shape index (κ1) is 11.8. The molecule has 2 rings (SSSR count). The zero-order valence-corrected chi connectivity index (χ0v) is 10.3. The van der Waals surface area contributed by atoms with E-state index in [2.05, 4.69) is 20.2 Å². The summed E-state index contributed by atoms with van der Waals surface area (Å²) in [6.07, 6.45) is 2.97. The van der Waals surface area contributed by atoms with Crippen LogP contribution in [0, 0.1) is 0 Å². The van der Waals surface area contributed by atoms with Gasteiger partial charge < -0.3 is 10.2 Å². The quantitative estimate of drug-likeness (QED) is 0.793. The smallest absolute Gasteiger partial charge is 0.225 e. The Bertz CT molecular complexity index is 484. The van der Waals surface area contributed by atoms with Gasteiger partial charge in [0.1, 0.15) is 0 Å². The van der Waals surface area contributed by atoms with Crippen LogP contribution in [0.3, 0.4) is 0 Å². The number of para-hydroxylation sites is 1. The molecule has 0 aliphatic heterocycles. The average molecular weight is 230 g/mol. The molecule has 90 valence electrons. The molecule has 1 aromatic carbocycles. The maximum Gasteiger partial charge on any atom is 0.225 e. The van der Waals surface area contributed by atoms with Crippen molar-refractivity contribution < 1.29 is 0 Å². The van der Waals surface area contributed by atoms with E-state index in [-0.39, 0.29) is 0 Å². The van der Waals surface area contributed by atoms with Crippen molar-refractivity contribution in [3.05, 3.63) is 30.5 Å². The van der Waals surface area contributed by atoms with Crippen LogP contribution in [0.5, 0.6) is 0 Å². The van der Waals surface area contributed by atoms with Crippen LogP contribution in [0.4, 0.5) is 5.95 Å². The Morgan fingerprint density at radius 3 is 2.94 bits per heavy atom. The number of hydrogen-bond donors (Lipinski definition) is 1. The van der Waals surface area contributed by atoms with Crippen molar-refractivity contribution in [2.45, 2.75) is 6.42 Å². The van der Waals surface area contributed by atoms with E-state index < -0.39 is 0 Å². The van der Waals surface area contributed by atoms with Crippen LogP contribution in [0.2, 0.25) is 0 Å². The van der Waals surface area contributed by atoms with Gasteiger partial charge in [0.25, 0.3) is 0 Å². The fourth-order valence-corrected chi connectivity index (χ4v) is 1.74. The zero-order chi connectivity index (χ0) is 12.1. The maximum absolute atomic E-state index is 4.55. The molecule has 0 aliphatic rings. The second-order valence-corrected chi connectivity index (χ2v) is 4.11. The third-order valence-electron chi connectivity index (χ3n) is 2.74. The molecule has 17 heavy (non-hydrogen) atoms. The molecule has 0 atom stereocenters. The highest BCUT2D eigenvalue weighted by molar-refractivity contribution is 5.78. The van der Waals surface area contributed by atoms with Gasteiger partial charge in [0.15, 0.2) is 0 Å². The van der Waals surface area contributed by atoms with Crippen LogP contribution in [-0.4, -0.2) is 37.2 Å². The molecule has 0 saturated carbocycles. The summed E-state index contributed by atoms with van der Waals surface area (Å²) in [5.41, 5.74) is 0.998. The van der Waals surface area contributed by atoms with Gasteiger partial charge in [-0.1, -0.05) is 18.2 Å². The van der Waals surface area contributed by atoms with Crippen molar-refractivity contribution in [1.29, 1.82) is 0 Å². The van der Waals surface area contributed by atoms with E-state index in [1.807, 2.05) is 44.6 Å². The lowest BCUT2D eigenvalue weighted by molar-refractivity contribution is 0.705. The average Bonchev–Trinajstić information content (AvgIpc) is 2.38. The van der Waals surface area contributed by atoms with Crippen molar-refractivity contribution >= 4 is 16.9 Å². The molecule has 0 unspecified atom stereocenters. The number of anilines is 1. The van der Waals surface area contributed by atoms with Gasteiger partial charge in [0.2, 0.25) is 5.95 Å². The standard InChI is InChI=1S/C13H18N4/c1-14-8-5-9-17(2)13-15-10-11-6-3-4-7-12(11)16-13/h3-4,6-7,10,14H,5,8-9H2,1-2H3. The summed E-state index contributed by atoms with van der Waals surface area (Å²) in [7, 11) is 3.99. The number of aromatic nitrogens is 2. The summed E-state index contributed by atoms with van der Waals surface area (Å²) in [5.74, 6) is 0.791. The minimum absolute atomic E-state index is 0.791. The predicted octanol–water partition coefficient (Wildman–Crippen LogP) is 1.68. The second kappa shape index (κ2) is 5.59. The minimum atomic E-state index is 0.791. The van der Waals surface area contributed by atoms with Crippen LogP contribution < -0.4 is 10.2 Å². The third kappa shape index (κ3) is 2.91. The highest BCUT2D eigenvalue weighted by Gasteiger charge is 2.04. The van der Waals surface area contributed by atoms with Gasteiger partial charge in [-0.2, -0.15) is 0 Å². The van der Waals surface area contributed by atoms with Crippen molar-refractivity contribution in [1.82, 2.24) is 15.3 Å². The lowest BCUT2D eigenvalue weighted by Gasteiger charge is -2.16. The molecule has 0 saturated heterocycles. The van der Waals surface area contributed by atoms with Crippen molar-refractivity contribution in [2.24, 2.45) is 0 Å². The highest BCUT2D eigenvalue weighted by Crippen LogP contribution is 2.13. The van der Waals surface area contributed by atoms with Crippen LogP contribution in [0.1, 0.15) is 6.42 Å².